The van der Waals surface area contributed by atoms with Crippen molar-refractivity contribution in [3.63, 3.8) is 0 Å². The maximum Gasteiger partial charge on any atom is 0.0429 e. The Bertz CT molecular complexity index is 151. The Morgan fingerprint density at radius 1 is 1.30 bits per heavy atom. The van der Waals surface area contributed by atoms with Gasteiger partial charge in [0, 0.05) is 5.38 Å². The molecule has 0 heterocycles. The van der Waals surface area contributed by atoms with Crippen molar-refractivity contribution in [2.24, 2.45) is 17.8 Å². The van der Waals surface area contributed by atoms with Crippen LogP contribution in [-0.4, -0.2) is 5.38 Å². The Morgan fingerprint density at radius 3 is 2.40 bits per heavy atom. The minimum atomic E-state index is 0.413. The van der Waals surface area contributed by atoms with E-state index in [9.17, 15) is 0 Å². The van der Waals surface area contributed by atoms with Crippen LogP contribution in [0, 0.1) is 17.8 Å². The molecule has 2 fully saturated rings. The summed E-state index contributed by atoms with van der Waals surface area (Å²) in [6.45, 7) is 3.83. The van der Waals surface area contributed by atoms with Crippen LogP contribution in [0.25, 0.3) is 0 Å². The first-order valence-corrected chi connectivity index (χ1v) is 4.53. The Morgan fingerprint density at radius 2 is 2.00 bits per heavy atom. The van der Waals surface area contributed by atoms with E-state index in [2.05, 4.69) is 12.7 Å². The fourth-order valence-corrected chi connectivity index (χ4v) is 3.13. The van der Waals surface area contributed by atoms with Crippen LogP contribution < -0.4 is 0 Å². The highest BCUT2D eigenvalue weighted by Gasteiger charge is 2.44. The fourth-order valence-electron chi connectivity index (χ4n) is 2.59. The van der Waals surface area contributed by atoms with Crippen LogP contribution in [0.5, 0.6) is 0 Å². The Labute approximate surface area is 67.3 Å². The molecule has 0 aliphatic heterocycles. The topological polar surface area (TPSA) is 0 Å². The standard InChI is InChI=1S/C9H13Cl/c1-2-8-6-3-4-7(5-6)9(8)10/h2,6-9H,1,3-5H2/t6-,7+,8+,9+/m1/s1. The van der Waals surface area contributed by atoms with E-state index in [1.54, 1.807) is 0 Å². The number of hydrogen-bond donors (Lipinski definition) is 0. The van der Waals surface area contributed by atoms with Gasteiger partial charge in [-0.15, -0.1) is 18.2 Å². The van der Waals surface area contributed by atoms with E-state index in [4.69, 9.17) is 11.6 Å². The molecule has 0 N–H and O–H groups in total. The molecule has 10 heavy (non-hydrogen) atoms. The Balaban J connectivity index is 2.16. The second-order valence-corrected chi connectivity index (χ2v) is 4.09. The summed E-state index contributed by atoms with van der Waals surface area (Å²) in [7, 11) is 0. The fraction of sp³-hybridized carbons (Fsp3) is 0.778. The monoisotopic (exact) mass is 156 g/mol. The molecule has 0 aromatic carbocycles. The van der Waals surface area contributed by atoms with E-state index in [-0.39, 0.29) is 0 Å². The largest absolute Gasteiger partial charge is 0.122 e. The van der Waals surface area contributed by atoms with Gasteiger partial charge in [-0.1, -0.05) is 6.08 Å². The number of alkyl halides is 1. The number of hydrogen-bond acceptors (Lipinski definition) is 0. The second-order valence-electron chi connectivity index (χ2n) is 3.59. The number of halogens is 1. The van der Waals surface area contributed by atoms with E-state index in [1.165, 1.54) is 19.3 Å². The molecule has 2 aliphatic rings. The maximum atomic E-state index is 6.20. The van der Waals surface area contributed by atoms with Crippen LogP contribution >= 0.6 is 11.6 Å². The van der Waals surface area contributed by atoms with Gasteiger partial charge in [0.25, 0.3) is 0 Å². The zero-order valence-electron chi connectivity index (χ0n) is 6.09. The van der Waals surface area contributed by atoms with Gasteiger partial charge >= 0.3 is 0 Å². The summed E-state index contributed by atoms with van der Waals surface area (Å²) >= 11 is 6.20. The van der Waals surface area contributed by atoms with Gasteiger partial charge in [0.05, 0.1) is 0 Å². The number of rotatable bonds is 1. The van der Waals surface area contributed by atoms with Crippen LogP contribution in [0.3, 0.4) is 0 Å². The van der Waals surface area contributed by atoms with E-state index < -0.39 is 0 Å². The normalized spacial score (nSPS) is 51.7. The molecule has 4 atom stereocenters. The minimum absolute atomic E-state index is 0.413. The summed E-state index contributed by atoms with van der Waals surface area (Å²) in [4.78, 5) is 0. The lowest BCUT2D eigenvalue weighted by atomic mass is 9.89. The van der Waals surface area contributed by atoms with Gasteiger partial charge in [-0.2, -0.15) is 0 Å². The molecule has 0 radical (unpaired) electrons. The highest BCUT2D eigenvalue weighted by atomic mass is 35.5. The SMILES string of the molecule is C=C[C@H]1[C@@H]2CC[C@@H](C2)[C@@H]1Cl. The third kappa shape index (κ3) is 0.748. The third-order valence-corrected chi connectivity index (χ3v) is 3.80. The number of fused-ring (bicyclic) bond motifs is 2. The third-order valence-electron chi connectivity index (χ3n) is 3.15. The first-order chi connectivity index (χ1) is 4.83. The van der Waals surface area contributed by atoms with Crippen LogP contribution in [0.2, 0.25) is 0 Å². The lowest BCUT2D eigenvalue weighted by molar-refractivity contribution is 0.402. The lowest BCUT2D eigenvalue weighted by Gasteiger charge is -2.22. The molecule has 0 amide bonds. The van der Waals surface area contributed by atoms with E-state index in [0.29, 0.717) is 11.3 Å². The predicted molar refractivity (Wildman–Crippen MR) is 44.2 cm³/mol. The first kappa shape index (κ1) is 6.72. The van der Waals surface area contributed by atoms with Gasteiger partial charge in [-0.25, -0.2) is 0 Å². The molecular formula is C9H13Cl. The Kier molecular flexibility index (Phi) is 1.52. The number of allylic oxidation sites excluding steroid dienone is 1. The van der Waals surface area contributed by atoms with Crippen molar-refractivity contribution in [3.8, 4) is 0 Å². The van der Waals surface area contributed by atoms with Crippen molar-refractivity contribution in [2.75, 3.05) is 0 Å². The van der Waals surface area contributed by atoms with Crippen molar-refractivity contribution in [1.82, 2.24) is 0 Å². The summed E-state index contributed by atoms with van der Waals surface area (Å²) in [6, 6.07) is 0. The summed E-state index contributed by atoms with van der Waals surface area (Å²) in [6.07, 6.45) is 6.18. The van der Waals surface area contributed by atoms with Crippen molar-refractivity contribution in [3.05, 3.63) is 12.7 Å². The quantitative estimate of drug-likeness (QED) is 0.405. The smallest absolute Gasteiger partial charge is 0.0429 e. The lowest BCUT2D eigenvalue weighted by Crippen LogP contribution is -2.20. The molecule has 0 aromatic heterocycles. The summed E-state index contributed by atoms with van der Waals surface area (Å²) in [5.74, 6) is 2.32. The summed E-state index contributed by atoms with van der Waals surface area (Å²) in [5, 5.41) is 0.413. The molecule has 56 valence electrons. The van der Waals surface area contributed by atoms with Crippen molar-refractivity contribution in [2.45, 2.75) is 24.6 Å². The van der Waals surface area contributed by atoms with Crippen LogP contribution in [0.1, 0.15) is 19.3 Å². The van der Waals surface area contributed by atoms with Gasteiger partial charge in [0.2, 0.25) is 0 Å². The van der Waals surface area contributed by atoms with Gasteiger partial charge < -0.3 is 0 Å². The van der Waals surface area contributed by atoms with E-state index in [0.717, 1.165) is 11.8 Å². The van der Waals surface area contributed by atoms with Gasteiger partial charge in [-0.3, -0.25) is 0 Å². The molecule has 2 rings (SSSR count). The minimum Gasteiger partial charge on any atom is -0.122 e. The first-order valence-electron chi connectivity index (χ1n) is 4.09. The zero-order valence-corrected chi connectivity index (χ0v) is 6.85. The average Bonchev–Trinajstić information content (AvgIpc) is 2.46. The van der Waals surface area contributed by atoms with Crippen LogP contribution in [0.4, 0.5) is 0 Å². The van der Waals surface area contributed by atoms with Crippen LogP contribution in [-0.2, 0) is 0 Å². The summed E-state index contributed by atoms with van der Waals surface area (Å²) in [5.41, 5.74) is 0. The van der Waals surface area contributed by atoms with E-state index >= 15 is 0 Å². The van der Waals surface area contributed by atoms with Crippen LogP contribution in [0.15, 0.2) is 12.7 Å². The molecule has 0 spiro atoms. The highest BCUT2D eigenvalue weighted by molar-refractivity contribution is 6.21. The predicted octanol–water partition coefficient (Wildman–Crippen LogP) is 2.83. The molecule has 0 nitrogen and oxygen atoms in total. The van der Waals surface area contributed by atoms with Gasteiger partial charge in [-0.05, 0) is 37.0 Å². The molecule has 2 saturated carbocycles. The zero-order chi connectivity index (χ0) is 7.14. The molecule has 2 aliphatic carbocycles. The molecule has 0 unspecified atom stereocenters. The molecule has 1 heteroatoms. The molecule has 0 saturated heterocycles. The summed E-state index contributed by atoms with van der Waals surface area (Å²) < 4.78 is 0. The van der Waals surface area contributed by atoms with Gasteiger partial charge in [0.1, 0.15) is 0 Å². The molecular weight excluding hydrogens is 144 g/mol. The average molecular weight is 157 g/mol. The second kappa shape index (κ2) is 2.27. The molecule has 2 bridgehead atoms. The van der Waals surface area contributed by atoms with Gasteiger partial charge in [0.15, 0.2) is 0 Å². The molecule has 0 aromatic rings. The van der Waals surface area contributed by atoms with Crippen molar-refractivity contribution in [1.29, 1.82) is 0 Å². The van der Waals surface area contributed by atoms with Crippen molar-refractivity contribution < 1.29 is 0 Å². The maximum absolute atomic E-state index is 6.20. The van der Waals surface area contributed by atoms with E-state index in [1.807, 2.05) is 0 Å². The highest BCUT2D eigenvalue weighted by Crippen LogP contribution is 2.51. The Hall–Kier alpha value is 0.0300. The van der Waals surface area contributed by atoms with Crippen molar-refractivity contribution >= 4 is 11.6 Å².